The normalized spacial score (nSPS) is 19.6. The molecule has 1 aromatic rings. The molecule has 1 saturated heterocycles. The van der Waals surface area contributed by atoms with Crippen LogP contribution in [0.4, 0.5) is 0 Å². The number of carbonyl (C=O) groups is 1. The van der Waals surface area contributed by atoms with Gasteiger partial charge in [0, 0.05) is 19.5 Å². The summed E-state index contributed by atoms with van der Waals surface area (Å²) in [6.07, 6.45) is 1.22. The average Bonchev–Trinajstić information content (AvgIpc) is 2.74. The number of likely N-dealkylation sites (tertiary alicyclic amines) is 1. The van der Waals surface area contributed by atoms with Crippen LogP contribution >= 0.6 is 0 Å². The predicted octanol–water partition coefficient (Wildman–Crippen LogP) is 0.918. The monoisotopic (exact) mass is 235 g/mol. The number of para-hydroxylation sites is 1. The molecule has 4 heteroatoms. The molecule has 4 nitrogen and oxygen atoms in total. The minimum atomic E-state index is -0.371. The highest BCUT2D eigenvalue weighted by atomic mass is 16.3. The van der Waals surface area contributed by atoms with Crippen LogP contribution in [0.5, 0.6) is 5.75 Å². The maximum absolute atomic E-state index is 11.8. The number of phenols is 1. The molecular formula is C13H17NO3. The van der Waals surface area contributed by atoms with E-state index in [4.69, 9.17) is 0 Å². The molecule has 1 heterocycles. The van der Waals surface area contributed by atoms with Crippen molar-refractivity contribution in [2.24, 2.45) is 0 Å². The van der Waals surface area contributed by atoms with Gasteiger partial charge in [-0.2, -0.15) is 0 Å². The van der Waals surface area contributed by atoms with Crippen molar-refractivity contribution in [2.45, 2.75) is 25.4 Å². The maximum atomic E-state index is 11.8. The van der Waals surface area contributed by atoms with E-state index in [-0.39, 0.29) is 17.8 Å². The van der Waals surface area contributed by atoms with Gasteiger partial charge in [0.05, 0.1) is 6.10 Å². The Kier molecular flexibility index (Phi) is 3.64. The van der Waals surface area contributed by atoms with Crippen molar-refractivity contribution in [3.05, 3.63) is 29.8 Å². The van der Waals surface area contributed by atoms with E-state index < -0.39 is 0 Å². The molecular weight excluding hydrogens is 218 g/mol. The molecule has 0 saturated carbocycles. The molecule has 0 radical (unpaired) electrons. The summed E-state index contributed by atoms with van der Waals surface area (Å²) in [5, 5.41) is 18.9. The van der Waals surface area contributed by atoms with Gasteiger partial charge < -0.3 is 15.1 Å². The summed E-state index contributed by atoms with van der Waals surface area (Å²) in [5.41, 5.74) is 0.792. The quantitative estimate of drug-likeness (QED) is 0.819. The van der Waals surface area contributed by atoms with Gasteiger partial charge in [-0.15, -0.1) is 0 Å². The molecule has 2 rings (SSSR count). The number of phenolic OH excluding ortho intramolecular Hbond substituents is 1. The van der Waals surface area contributed by atoms with E-state index in [0.29, 0.717) is 32.4 Å². The van der Waals surface area contributed by atoms with Gasteiger partial charge in [-0.1, -0.05) is 18.2 Å². The Labute approximate surface area is 100 Å². The summed E-state index contributed by atoms with van der Waals surface area (Å²) in [6, 6.07) is 7.05. The smallest absolute Gasteiger partial charge is 0.222 e. The standard InChI is InChI=1S/C13H17NO3/c15-11-7-8-14(9-11)13(17)6-5-10-3-1-2-4-12(10)16/h1-4,11,15-16H,5-9H2/t11-/m1/s1. The molecule has 0 spiro atoms. The molecule has 1 amide bonds. The maximum Gasteiger partial charge on any atom is 0.222 e. The van der Waals surface area contributed by atoms with Gasteiger partial charge in [-0.05, 0) is 24.5 Å². The molecule has 0 unspecified atom stereocenters. The van der Waals surface area contributed by atoms with Crippen molar-refractivity contribution in [3.63, 3.8) is 0 Å². The Bertz CT molecular complexity index is 405. The molecule has 0 aliphatic carbocycles. The fourth-order valence-electron chi connectivity index (χ4n) is 2.09. The van der Waals surface area contributed by atoms with E-state index in [1.807, 2.05) is 12.1 Å². The molecule has 1 fully saturated rings. The summed E-state index contributed by atoms with van der Waals surface area (Å²) >= 11 is 0. The highest BCUT2D eigenvalue weighted by Crippen LogP contribution is 2.18. The number of β-amino-alcohol motifs (C(OH)–C–C–N with tert-alkyl or cyclic N) is 1. The predicted molar refractivity (Wildman–Crippen MR) is 63.6 cm³/mol. The number of aliphatic hydroxyl groups excluding tert-OH is 1. The van der Waals surface area contributed by atoms with Crippen molar-refractivity contribution in [2.75, 3.05) is 13.1 Å². The zero-order valence-corrected chi connectivity index (χ0v) is 9.67. The van der Waals surface area contributed by atoms with Crippen molar-refractivity contribution in [1.29, 1.82) is 0 Å². The molecule has 2 N–H and O–H groups in total. The van der Waals surface area contributed by atoms with E-state index in [0.717, 1.165) is 5.56 Å². The van der Waals surface area contributed by atoms with Crippen LogP contribution in [0.25, 0.3) is 0 Å². The van der Waals surface area contributed by atoms with Gasteiger partial charge in [0.25, 0.3) is 0 Å². The lowest BCUT2D eigenvalue weighted by Crippen LogP contribution is -2.29. The molecule has 1 aliphatic heterocycles. The lowest BCUT2D eigenvalue weighted by molar-refractivity contribution is -0.130. The number of nitrogens with zero attached hydrogens (tertiary/aromatic N) is 1. The highest BCUT2D eigenvalue weighted by Gasteiger charge is 2.24. The number of benzene rings is 1. The van der Waals surface area contributed by atoms with Crippen molar-refractivity contribution >= 4 is 5.91 Å². The van der Waals surface area contributed by atoms with Crippen LogP contribution in [0.2, 0.25) is 0 Å². The van der Waals surface area contributed by atoms with E-state index >= 15 is 0 Å². The highest BCUT2D eigenvalue weighted by molar-refractivity contribution is 5.76. The SMILES string of the molecule is O=C(CCc1ccccc1O)N1CC[C@@H](O)C1. The van der Waals surface area contributed by atoms with Crippen molar-refractivity contribution in [1.82, 2.24) is 4.90 Å². The number of aromatic hydroxyl groups is 1. The lowest BCUT2D eigenvalue weighted by atomic mass is 10.1. The molecule has 1 aliphatic rings. The molecule has 17 heavy (non-hydrogen) atoms. The summed E-state index contributed by atoms with van der Waals surface area (Å²) in [7, 11) is 0. The van der Waals surface area contributed by atoms with Gasteiger partial charge >= 0.3 is 0 Å². The molecule has 92 valence electrons. The largest absolute Gasteiger partial charge is 0.508 e. The Hall–Kier alpha value is -1.55. The zero-order chi connectivity index (χ0) is 12.3. The van der Waals surface area contributed by atoms with Gasteiger partial charge in [0.15, 0.2) is 0 Å². The third kappa shape index (κ3) is 2.97. The van der Waals surface area contributed by atoms with Gasteiger partial charge in [-0.25, -0.2) is 0 Å². The first-order valence-corrected chi connectivity index (χ1v) is 5.89. The number of aryl methyl sites for hydroxylation is 1. The minimum Gasteiger partial charge on any atom is -0.508 e. The molecule has 1 atom stereocenters. The van der Waals surface area contributed by atoms with Crippen LogP contribution in [0.15, 0.2) is 24.3 Å². The number of hydrogen-bond acceptors (Lipinski definition) is 3. The number of aliphatic hydroxyl groups is 1. The first-order chi connectivity index (χ1) is 8.16. The summed E-state index contributed by atoms with van der Waals surface area (Å²) in [6.45, 7) is 1.08. The fourth-order valence-corrected chi connectivity index (χ4v) is 2.09. The number of carbonyl (C=O) groups excluding carboxylic acids is 1. The number of rotatable bonds is 3. The van der Waals surface area contributed by atoms with Gasteiger partial charge in [0.1, 0.15) is 5.75 Å². The van der Waals surface area contributed by atoms with Crippen LogP contribution in [-0.2, 0) is 11.2 Å². The van der Waals surface area contributed by atoms with Crippen LogP contribution in [0.3, 0.4) is 0 Å². The second kappa shape index (κ2) is 5.19. The third-order valence-electron chi connectivity index (χ3n) is 3.12. The second-order valence-electron chi connectivity index (χ2n) is 4.41. The van der Waals surface area contributed by atoms with E-state index in [1.54, 1.807) is 17.0 Å². The van der Waals surface area contributed by atoms with Crippen LogP contribution in [-0.4, -0.2) is 40.2 Å². The van der Waals surface area contributed by atoms with E-state index in [9.17, 15) is 15.0 Å². The van der Waals surface area contributed by atoms with E-state index in [2.05, 4.69) is 0 Å². The number of hydrogen-bond donors (Lipinski definition) is 2. The topological polar surface area (TPSA) is 60.8 Å². The van der Waals surface area contributed by atoms with Crippen molar-refractivity contribution < 1.29 is 15.0 Å². The third-order valence-corrected chi connectivity index (χ3v) is 3.12. The van der Waals surface area contributed by atoms with Crippen LogP contribution in [0, 0.1) is 0 Å². The number of amides is 1. The fraction of sp³-hybridized carbons (Fsp3) is 0.462. The van der Waals surface area contributed by atoms with E-state index in [1.165, 1.54) is 0 Å². The Morgan fingerprint density at radius 1 is 1.41 bits per heavy atom. The Morgan fingerprint density at radius 3 is 2.82 bits per heavy atom. The molecule has 0 bridgehead atoms. The summed E-state index contributed by atoms with van der Waals surface area (Å²) < 4.78 is 0. The Balaban J connectivity index is 1.86. The van der Waals surface area contributed by atoms with Crippen LogP contribution < -0.4 is 0 Å². The Morgan fingerprint density at radius 2 is 2.18 bits per heavy atom. The zero-order valence-electron chi connectivity index (χ0n) is 9.67. The van der Waals surface area contributed by atoms with Gasteiger partial charge in [-0.3, -0.25) is 4.79 Å². The molecule has 0 aromatic heterocycles. The first-order valence-electron chi connectivity index (χ1n) is 5.89. The van der Waals surface area contributed by atoms with Gasteiger partial charge in [0.2, 0.25) is 5.91 Å². The second-order valence-corrected chi connectivity index (χ2v) is 4.41. The van der Waals surface area contributed by atoms with Crippen molar-refractivity contribution in [3.8, 4) is 5.75 Å². The first kappa shape index (κ1) is 11.9. The summed E-state index contributed by atoms with van der Waals surface area (Å²) in [4.78, 5) is 13.5. The molecule has 1 aromatic carbocycles. The van der Waals surface area contributed by atoms with Crippen LogP contribution in [0.1, 0.15) is 18.4 Å². The average molecular weight is 235 g/mol. The minimum absolute atomic E-state index is 0.0461. The summed E-state index contributed by atoms with van der Waals surface area (Å²) in [5.74, 6) is 0.284. The lowest BCUT2D eigenvalue weighted by Gasteiger charge is -2.15.